The number of hydrogen-bond donors (Lipinski definition) is 6. The number of carboxylic acids is 1. The maximum Gasteiger partial charge on any atom is 0.326 e. The monoisotopic (exact) mass is 634 g/mol. The summed E-state index contributed by atoms with van der Waals surface area (Å²) in [5.74, 6) is -2.63. The van der Waals surface area contributed by atoms with Crippen LogP contribution in [0.1, 0.15) is 29.5 Å². The summed E-state index contributed by atoms with van der Waals surface area (Å²) in [4.78, 5) is 61.3. The summed E-state index contributed by atoms with van der Waals surface area (Å²) >= 11 is 0. The standard InChI is InChI=1S/C36H38N6O5/c37-27(18-23-20-38-28-13-6-4-11-25(23)28)35(45)42-16-8-15-32(42)34(44)40-30(19-24-21-39-29-14-7-5-12-26(24)29)33(43)41-31(36(46)47)17-22-9-2-1-3-10-22/h1-7,9-14,20-21,27,30-32,38-39H,8,15-19,37H2,(H,40,44)(H,41,43)(H,46,47). The minimum absolute atomic E-state index is 0.0783. The van der Waals surface area contributed by atoms with E-state index in [1.54, 1.807) is 30.5 Å². The van der Waals surface area contributed by atoms with Crippen molar-refractivity contribution in [3.05, 3.63) is 108 Å². The van der Waals surface area contributed by atoms with Crippen LogP contribution in [0.3, 0.4) is 0 Å². The Kier molecular flexibility index (Phi) is 9.35. The van der Waals surface area contributed by atoms with Crippen molar-refractivity contribution in [2.75, 3.05) is 6.54 Å². The first-order valence-corrected chi connectivity index (χ1v) is 15.8. The quantitative estimate of drug-likeness (QED) is 0.123. The number of aliphatic carboxylic acids is 1. The number of carboxylic acid groups (broad SMARTS) is 1. The average Bonchev–Trinajstić information content (AvgIpc) is 3.83. The van der Waals surface area contributed by atoms with Crippen molar-refractivity contribution in [3.8, 4) is 0 Å². The molecule has 242 valence electrons. The number of nitrogens with two attached hydrogens (primary N) is 1. The lowest BCUT2D eigenvalue weighted by molar-refractivity contribution is -0.143. The minimum Gasteiger partial charge on any atom is -0.480 e. The van der Waals surface area contributed by atoms with Crippen molar-refractivity contribution in [1.29, 1.82) is 0 Å². The Bertz CT molecular complexity index is 1900. The van der Waals surface area contributed by atoms with E-state index in [4.69, 9.17) is 5.73 Å². The fourth-order valence-electron chi connectivity index (χ4n) is 6.46. The third kappa shape index (κ3) is 7.05. The van der Waals surface area contributed by atoms with Gasteiger partial charge < -0.3 is 36.3 Å². The topological polar surface area (TPSA) is 173 Å². The number of benzene rings is 3. The van der Waals surface area contributed by atoms with Gasteiger partial charge in [-0.2, -0.15) is 0 Å². The number of para-hydroxylation sites is 2. The van der Waals surface area contributed by atoms with Crippen molar-refractivity contribution < 1.29 is 24.3 Å². The molecule has 3 heterocycles. The first-order chi connectivity index (χ1) is 22.8. The summed E-state index contributed by atoms with van der Waals surface area (Å²) in [6.45, 7) is 0.371. The number of fused-ring (bicyclic) bond motifs is 2. The van der Waals surface area contributed by atoms with Crippen LogP contribution in [0.5, 0.6) is 0 Å². The molecular formula is C36H38N6O5. The second kappa shape index (κ2) is 13.9. The first kappa shape index (κ1) is 31.6. The predicted molar refractivity (Wildman–Crippen MR) is 178 cm³/mol. The molecule has 0 saturated carbocycles. The van der Waals surface area contributed by atoms with Crippen molar-refractivity contribution in [2.45, 2.75) is 56.3 Å². The zero-order chi connectivity index (χ0) is 32.9. The maximum atomic E-state index is 13.8. The summed E-state index contributed by atoms with van der Waals surface area (Å²) in [6, 6.07) is 20.4. The van der Waals surface area contributed by atoms with Crippen LogP contribution in [0.15, 0.2) is 91.3 Å². The summed E-state index contributed by atoms with van der Waals surface area (Å²) in [7, 11) is 0. The molecule has 11 heteroatoms. The average molecular weight is 635 g/mol. The Balaban J connectivity index is 1.19. The van der Waals surface area contributed by atoms with Gasteiger partial charge in [-0.25, -0.2) is 4.79 Å². The van der Waals surface area contributed by atoms with Crippen LogP contribution in [0.4, 0.5) is 0 Å². The lowest BCUT2D eigenvalue weighted by Gasteiger charge is -2.28. The van der Waals surface area contributed by atoms with Crippen molar-refractivity contribution in [1.82, 2.24) is 25.5 Å². The predicted octanol–water partition coefficient (Wildman–Crippen LogP) is 3.05. The van der Waals surface area contributed by atoms with Crippen molar-refractivity contribution in [3.63, 3.8) is 0 Å². The van der Waals surface area contributed by atoms with Gasteiger partial charge in [-0.05, 0) is 48.1 Å². The molecule has 5 aromatic rings. The highest BCUT2D eigenvalue weighted by atomic mass is 16.4. The number of likely N-dealkylation sites (tertiary alicyclic amines) is 1. The molecular weight excluding hydrogens is 596 g/mol. The van der Waals surface area contributed by atoms with Crippen LogP contribution in [-0.4, -0.2) is 74.4 Å². The Morgan fingerprint density at radius 2 is 1.38 bits per heavy atom. The van der Waals surface area contributed by atoms with E-state index in [0.717, 1.165) is 38.5 Å². The molecule has 3 aromatic carbocycles. The number of amides is 3. The number of H-pyrrole nitrogens is 2. The Morgan fingerprint density at radius 3 is 2.02 bits per heavy atom. The molecule has 0 spiro atoms. The van der Waals surface area contributed by atoms with Gasteiger partial charge in [0.05, 0.1) is 6.04 Å². The molecule has 7 N–H and O–H groups in total. The molecule has 6 rings (SSSR count). The molecule has 4 unspecified atom stereocenters. The molecule has 1 fully saturated rings. The van der Waals surface area contributed by atoms with Crippen LogP contribution in [-0.2, 0) is 38.4 Å². The molecule has 1 saturated heterocycles. The molecule has 0 bridgehead atoms. The molecule has 3 amide bonds. The van der Waals surface area contributed by atoms with Gasteiger partial charge in [-0.1, -0.05) is 66.7 Å². The molecule has 0 radical (unpaired) electrons. The Hall–Kier alpha value is -5.42. The van der Waals surface area contributed by atoms with Gasteiger partial charge >= 0.3 is 5.97 Å². The second-order valence-electron chi connectivity index (χ2n) is 12.1. The summed E-state index contributed by atoms with van der Waals surface area (Å²) < 4.78 is 0. The van der Waals surface area contributed by atoms with E-state index >= 15 is 0 Å². The second-order valence-corrected chi connectivity index (χ2v) is 12.1. The van der Waals surface area contributed by atoms with Crippen LogP contribution >= 0.6 is 0 Å². The molecule has 0 aliphatic carbocycles. The Morgan fingerprint density at radius 1 is 0.787 bits per heavy atom. The molecule has 47 heavy (non-hydrogen) atoms. The lowest BCUT2D eigenvalue weighted by Crippen LogP contribution is -2.57. The zero-order valence-corrected chi connectivity index (χ0v) is 25.8. The number of aromatic nitrogens is 2. The van der Waals surface area contributed by atoms with Gasteiger partial charge in [-0.15, -0.1) is 0 Å². The van der Waals surface area contributed by atoms with Crippen LogP contribution < -0.4 is 16.4 Å². The van der Waals surface area contributed by atoms with Gasteiger partial charge in [0.25, 0.3) is 0 Å². The van der Waals surface area contributed by atoms with Gasteiger partial charge in [0, 0.05) is 53.6 Å². The number of hydrogen-bond acceptors (Lipinski definition) is 5. The van der Waals surface area contributed by atoms with Gasteiger partial charge in [0.1, 0.15) is 18.1 Å². The van der Waals surface area contributed by atoms with Gasteiger partial charge in [0.15, 0.2) is 0 Å². The van der Waals surface area contributed by atoms with Gasteiger partial charge in [0.2, 0.25) is 17.7 Å². The van der Waals surface area contributed by atoms with E-state index in [1.807, 2.05) is 60.8 Å². The number of rotatable bonds is 12. The molecule has 1 aliphatic rings. The molecule has 11 nitrogen and oxygen atoms in total. The summed E-state index contributed by atoms with van der Waals surface area (Å²) in [5, 5.41) is 17.3. The number of aromatic amines is 2. The summed E-state index contributed by atoms with van der Waals surface area (Å²) in [5.41, 5.74) is 10.7. The van der Waals surface area contributed by atoms with E-state index < -0.39 is 42.0 Å². The van der Waals surface area contributed by atoms with Crippen LogP contribution in [0, 0.1) is 0 Å². The van der Waals surface area contributed by atoms with Crippen LogP contribution in [0.25, 0.3) is 21.8 Å². The number of nitrogens with zero attached hydrogens (tertiary/aromatic N) is 1. The van der Waals surface area contributed by atoms with E-state index in [9.17, 15) is 24.3 Å². The van der Waals surface area contributed by atoms with Gasteiger partial charge in [-0.3, -0.25) is 14.4 Å². The normalized spacial score (nSPS) is 16.5. The summed E-state index contributed by atoms with van der Waals surface area (Å²) in [6.07, 6.45) is 5.16. The zero-order valence-electron chi connectivity index (χ0n) is 25.8. The number of carbonyl (C=O) groups excluding carboxylic acids is 3. The maximum absolute atomic E-state index is 13.8. The van der Waals surface area contributed by atoms with E-state index in [2.05, 4.69) is 20.6 Å². The largest absolute Gasteiger partial charge is 0.480 e. The van der Waals surface area contributed by atoms with E-state index in [0.29, 0.717) is 25.8 Å². The smallest absolute Gasteiger partial charge is 0.326 e. The number of nitrogens with one attached hydrogen (secondary N) is 4. The highest BCUT2D eigenvalue weighted by Gasteiger charge is 2.38. The fourth-order valence-corrected chi connectivity index (χ4v) is 6.46. The van der Waals surface area contributed by atoms with E-state index in [-0.39, 0.29) is 18.7 Å². The molecule has 2 aromatic heterocycles. The molecule has 4 atom stereocenters. The third-order valence-electron chi connectivity index (χ3n) is 8.90. The van der Waals surface area contributed by atoms with Crippen molar-refractivity contribution in [2.24, 2.45) is 5.73 Å². The van der Waals surface area contributed by atoms with Crippen LogP contribution in [0.2, 0.25) is 0 Å². The lowest BCUT2D eigenvalue weighted by atomic mass is 10.0. The highest BCUT2D eigenvalue weighted by molar-refractivity contribution is 5.95. The minimum atomic E-state index is -1.21. The SMILES string of the molecule is NC(Cc1c[nH]c2ccccc12)C(=O)N1CCCC1C(=O)NC(Cc1c[nH]c2ccccc12)C(=O)NC(Cc1ccccc1)C(=O)O. The third-order valence-corrected chi connectivity index (χ3v) is 8.90. The van der Waals surface area contributed by atoms with Crippen molar-refractivity contribution >= 4 is 45.5 Å². The van der Waals surface area contributed by atoms with E-state index in [1.165, 1.54) is 4.90 Å². The fraction of sp³-hybridized carbons (Fsp3) is 0.278. The molecule has 1 aliphatic heterocycles. The highest BCUT2D eigenvalue weighted by Crippen LogP contribution is 2.23. The number of carbonyl (C=O) groups is 4. The Labute approximate surface area is 271 Å². The first-order valence-electron chi connectivity index (χ1n) is 15.8.